The Bertz CT molecular complexity index is 633. The molecule has 5 atom stereocenters. The molecular weight excluding hydrogens is 344 g/mol. The molecule has 3 aliphatic heterocycles. The van der Waals surface area contributed by atoms with Crippen molar-refractivity contribution in [2.45, 2.75) is 51.0 Å². The van der Waals surface area contributed by atoms with Gasteiger partial charge in [-0.15, -0.1) is 11.8 Å². The van der Waals surface area contributed by atoms with E-state index in [4.69, 9.17) is 4.74 Å². The first-order valence-electron chi connectivity index (χ1n) is 8.72. The summed E-state index contributed by atoms with van der Waals surface area (Å²) in [5.41, 5.74) is 0.303. The van der Waals surface area contributed by atoms with Gasteiger partial charge < -0.3 is 20.1 Å². The van der Waals surface area contributed by atoms with Crippen LogP contribution < -0.4 is 5.32 Å². The highest BCUT2D eigenvalue weighted by atomic mass is 32.2. The maximum absolute atomic E-state index is 12.6. The molecular formula is C17H24N2O5S. The second-order valence-electron chi connectivity index (χ2n) is 6.85. The number of hydrogen-bond donors (Lipinski definition) is 2. The molecule has 0 aliphatic carbocycles. The number of nitrogens with zero attached hydrogens (tertiary/aromatic N) is 1. The van der Waals surface area contributed by atoms with Crippen LogP contribution in [0.25, 0.3) is 0 Å². The highest BCUT2D eigenvalue weighted by molar-refractivity contribution is 8.03. The van der Waals surface area contributed by atoms with Crippen LogP contribution >= 0.6 is 11.8 Å². The molecule has 138 valence electrons. The molecule has 25 heavy (non-hydrogen) atoms. The number of hydrogen-bond acceptors (Lipinski definition) is 6. The predicted molar refractivity (Wildman–Crippen MR) is 92.3 cm³/mol. The zero-order valence-corrected chi connectivity index (χ0v) is 15.5. The Kier molecular flexibility index (Phi) is 5.11. The lowest BCUT2D eigenvalue weighted by Crippen LogP contribution is -2.63. The quantitative estimate of drug-likeness (QED) is 0.527. The molecule has 3 unspecified atom stereocenters. The fraction of sp³-hybridized carbons (Fsp3) is 0.706. The highest BCUT2D eigenvalue weighted by Gasteiger charge is 2.60. The lowest BCUT2D eigenvalue weighted by Gasteiger charge is -2.46. The molecule has 2 fully saturated rings. The molecule has 2 amide bonds. The van der Waals surface area contributed by atoms with E-state index in [2.05, 4.69) is 5.32 Å². The number of carbonyl (C=O) groups is 3. The topological polar surface area (TPSA) is 95.9 Å². The van der Waals surface area contributed by atoms with Gasteiger partial charge in [0.1, 0.15) is 5.70 Å². The standard InChI is InChI=1S/C17H24N2O5S/c1-4-5-24-17(23)14-15(25-10-6-11(21)18-7-10)8(2)13-12(9(3)20)16(22)19(13)14/h8-10,12-13,20H,4-7H2,1-3H3,(H,18,21)/t8-,9-,10?,12?,13?/m1/s1. The third-order valence-corrected chi connectivity index (χ3v) is 6.46. The summed E-state index contributed by atoms with van der Waals surface area (Å²) in [4.78, 5) is 38.8. The van der Waals surface area contributed by atoms with Gasteiger partial charge >= 0.3 is 5.97 Å². The Labute approximate surface area is 151 Å². The van der Waals surface area contributed by atoms with E-state index in [1.165, 1.54) is 16.7 Å². The minimum Gasteiger partial charge on any atom is -0.461 e. The van der Waals surface area contributed by atoms with Crippen molar-refractivity contribution >= 4 is 29.5 Å². The maximum atomic E-state index is 12.6. The number of aliphatic hydroxyl groups excluding tert-OH is 1. The molecule has 2 saturated heterocycles. The molecule has 3 heterocycles. The van der Waals surface area contributed by atoms with Gasteiger partial charge in [-0.3, -0.25) is 9.59 Å². The Balaban J connectivity index is 1.88. The van der Waals surface area contributed by atoms with E-state index >= 15 is 0 Å². The Morgan fingerprint density at radius 3 is 2.76 bits per heavy atom. The number of carbonyl (C=O) groups excluding carboxylic acids is 3. The smallest absolute Gasteiger partial charge is 0.355 e. The number of esters is 1. The van der Waals surface area contributed by atoms with E-state index in [0.29, 0.717) is 31.7 Å². The first-order chi connectivity index (χ1) is 11.9. The zero-order valence-electron chi connectivity index (χ0n) is 14.7. The van der Waals surface area contributed by atoms with Crippen LogP contribution in [-0.4, -0.2) is 58.3 Å². The van der Waals surface area contributed by atoms with Crippen LogP contribution in [0.4, 0.5) is 0 Å². The number of rotatable bonds is 6. The normalized spacial score (nSPS) is 32.4. The van der Waals surface area contributed by atoms with Gasteiger partial charge in [0.2, 0.25) is 11.8 Å². The molecule has 8 heteroatoms. The van der Waals surface area contributed by atoms with Gasteiger partial charge in [0.15, 0.2) is 0 Å². The minimum absolute atomic E-state index is 0.0000657. The molecule has 0 bridgehead atoms. The van der Waals surface area contributed by atoms with Crippen LogP contribution in [-0.2, 0) is 19.1 Å². The number of nitrogens with one attached hydrogen (secondary N) is 1. The van der Waals surface area contributed by atoms with Crippen LogP contribution in [0.2, 0.25) is 0 Å². The predicted octanol–water partition coefficient (Wildman–Crippen LogP) is 0.630. The summed E-state index contributed by atoms with van der Waals surface area (Å²) in [6, 6.07) is -0.218. The van der Waals surface area contributed by atoms with Crippen LogP contribution in [0.1, 0.15) is 33.6 Å². The summed E-state index contributed by atoms with van der Waals surface area (Å²) in [7, 11) is 0. The van der Waals surface area contributed by atoms with Crippen molar-refractivity contribution in [1.82, 2.24) is 10.2 Å². The van der Waals surface area contributed by atoms with E-state index in [1.807, 2.05) is 13.8 Å². The molecule has 7 nitrogen and oxygen atoms in total. The van der Waals surface area contributed by atoms with Crippen molar-refractivity contribution in [3.05, 3.63) is 10.6 Å². The number of aliphatic hydroxyl groups is 1. The van der Waals surface area contributed by atoms with Crippen molar-refractivity contribution < 1.29 is 24.2 Å². The lowest BCUT2D eigenvalue weighted by molar-refractivity contribution is -0.164. The van der Waals surface area contributed by atoms with Crippen LogP contribution in [0, 0.1) is 11.8 Å². The van der Waals surface area contributed by atoms with Crippen LogP contribution in [0.5, 0.6) is 0 Å². The van der Waals surface area contributed by atoms with Gasteiger partial charge in [-0.25, -0.2) is 4.79 Å². The molecule has 0 radical (unpaired) electrons. The zero-order chi connectivity index (χ0) is 18.3. The summed E-state index contributed by atoms with van der Waals surface area (Å²) >= 11 is 1.48. The van der Waals surface area contributed by atoms with E-state index in [-0.39, 0.29) is 29.0 Å². The molecule has 0 aromatic heterocycles. The van der Waals surface area contributed by atoms with Crippen molar-refractivity contribution in [1.29, 1.82) is 0 Å². The molecule has 3 rings (SSSR count). The van der Waals surface area contributed by atoms with Gasteiger partial charge in [0.25, 0.3) is 0 Å². The fourth-order valence-corrected chi connectivity index (χ4v) is 5.18. The Hall–Kier alpha value is -1.54. The summed E-state index contributed by atoms with van der Waals surface area (Å²) in [6.07, 6.45) is 0.339. The van der Waals surface area contributed by atoms with Crippen molar-refractivity contribution in [3.63, 3.8) is 0 Å². The molecule has 0 spiro atoms. The van der Waals surface area contributed by atoms with Crippen molar-refractivity contribution in [2.24, 2.45) is 11.8 Å². The van der Waals surface area contributed by atoms with E-state index in [0.717, 1.165) is 4.91 Å². The first kappa shape index (κ1) is 18.3. The third-order valence-electron chi connectivity index (χ3n) is 4.97. The summed E-state index contributed by atoms with van der Waals surface area (Å²) in [6.45, 7) is 6.32. The highest BCUT2D eigenvalue weighted by Crippen LogP contribution is 2.51. The van der Waals surface area contributed by atoms with Crippen molar-refractivity contribution in [3.8, 4) is 0 Å². The SMILES string of the molecule is CCCOC(=O)C1=C(SC2CNC(=O)C2)[C@H](C)C2C([C@@H](C)O)C(=O)N12. The van der Waals surface area contributed by atoms with Gasteiger partial charge in [0, 0.05) is 29.0 Å². The second-order valence-corrected chi connectivity index (χ2v) is 8.19. The summed E-state index contributed by atoms with van der Waals surface area (Å²) in [5, 5.41) is 12.8. The number of amides is 2. The van der Waals surface area contributed by atoms with Gasteiger partial charge in [-0.2, -0.15) is 0 Å². The average Bonchev–Trinajstić information content (AvgIpc) is 3.06. The van der Waals surface area contributed by atoms with E-state index in [1.54, 1.807) is 6.92 Å². The Morgan fingerprint density at radius 1 is 1.48 bits per heavy atom. The maximum Gasteiger partial charge on any atom is 0.355 e. The van der Waals surface area contributed by atoms with Crippen LogP contribution in [0.15, 0.2) is 10.6 Å². The van der Waals surface area contributed by atoms with Crippen LogP contribution in [0.3, 0.4) is 0 Å². The number of ether oxygens (including phenoxy) is 1. The second kappa shape index (κ2) is 6.99. The first-order valence-corrected chi connectivity index (χ1v) is 9.60. The Morgan fingerprint density at radius 2 is 2.20 bits per heavy atom. The number of thioether (sulfide) groups is 1. The minimum atomic E-state index is -0.761. The summed E-state index contributed by atoms with van der Waals surface area (Å²) in [5.74, 6) is -1.28. The van der Waals surface area contributed by atoms with Gasteiger partial charge in [-0.1, -0.05) is 13.8 Å². The van der Waals surface area contributed by atoms with Gasteiger partial charge in [-0.05, 0) is 13.3 Å². The number of fused-ring (bicyclic) bond motifs is 1. The van der Waals surface area contributed by atoms with E-state index in [9.17, 15) is 19.5 Å². The third kappa shape index (κ3) is 3.06. The van der Waals surface area contributed by atoms with Gasteiger partial charge in [0.05, 0.1) is 24.7 Å². The van der Waals surface area contributed by atoms with E-state index < -0.39 is 18.0 Å². The average molecular weight is 368 g/mol. The molecule has 0 saturated carbocycles. The fourth-order valence-electron chi connectivity index (χ4n) is 3.77. The monoisotopic (exact) mass is 368 g/mol. The molecule has 2 N–H and O–H groups in total. The van der Waals surface area contributed by atoms with Crippen molar-refractivity contribution in [2.75, 3.05) is 13.2 Å². The molecule has 3 aliphatic rings. The summed E-state index contributed by atoms with van der Waals surface area (Å²) < 4.78 is 5.29. The number of β-lactam (4-membered cyclic amide) rings is 1. The largest absolute Gasteiger partial charge is 0.461 e. The molecule has 0 aromatic carbocycles. The molecule has 0 aromatic rings. The lowest BCUT2D eigenvalue weighted by atomic mass is 9.79.